The molecule has 0 bridgehead atoms. The fourth-order valence-electron chi connectivity index (χ4n) is 2.05. The highest BCUT2D eigenvalue weighted by Crippen LogP contribution is 2.20. The Morgan fingerprint density at radius 2 is 2.21 bits per heavy atom. The van der Waals surface area contributed by atoms with E-state index in [9.17, 15) is 22.9 Å². The van der Waals surface area contributed by atoms with Crippen LogP contribution in [0.15, 0.2) is 18.2 Å². The third kappa shape index (κ3) is 3.27. The summed E-state index contributed by atoms with van der Waals surface area (Å²) in [4.78, 5) is 9.81. The van der Waals surface area contributed by atoms with Gasteiger partial charge in [-0.15, -0.1) is 0 Å². The number of nitrogens with zero attached hydrogens (tertiary/aromatic N) is 1. The summed E-state index contributed by atoms with van der Waals surface area (Å²) in [6, 6.07) is 3.73. The maximum absolute atomic E-state index is 13.7. The molecule has 1 aromatic rings. The molecule has 8 heteroatoms. The summed E-state index contributed by atoms with van der Waals surface area (Å²) < 4.78 is 36.3. The zero-order valence-corrected chi connectivity index (χ0v) is 10.8. The number of hydrogen-bond donors (Lipinski definition) is 1. The van der Waals surface area contributed by atoms with Crippen molar-refractivity contribution >= 4 is 15.5 Å². The normalized spacial score (nSPS) is 21.4. The van der Waals surface area contributed by atoms with E-state index in [4.69, 9.17) is 0 Å². The lowest BCUT2D eigenvalue weighted by Gasteiger charge is -2.11. The third-order valence-electron chi connectivity index (χ3n) is 3.07. The van der Waals surface area contributed by atoms with Crippen molar-refractivity contribution in [3.63, 3.8) is 0 Å². The van der Waals surface area contributed by atoms with Crippen molar-refractivity contribution in [2.75, 3.05) is 11.5 Å². The van der Waals surface area contributed by atoms with E-state index in [0.29, 0.717) is 6.42 Å². The van der Waals surface area contributed by atoms with Crippen LogP contribution >= 0.6 is 0 Å². The SMILES string of the molecule is O=[N+]([O-])c1cccc(CNC2CCS(=O)(=O)C2)c1F. The molecule has 0 aromatic heterocycles. The highest BCUT2D eigenvalue weighted by Gasteiger charge is 2.27. The standard InChI is InChI=1S/C11H13FN2O4S/c12-11-8(2-1-3-10(11)14(15)16)6-13-9-4-5-19(17,18)7-9/h1-3,9,13H,4-7H2. The molecule has 0 amide bonds. The highest BCUT2D eigenvalue weighted by atomic mass is 32.2. The van der Waals surface area contributed by atoms with Crippen molar-refractivity contribution in [2.24, 2.45) is 0 Å². The number of benzene rings is 1. The largest absolute Gasteiger partial charge is 0.309 e. The quantitative estimate of drug-likeness (QED) is 0.659. The molecule has 1 aromatic carbocycles. The summed E-state index contributed by atoms with van der Waals surface area (Å²) in [7, 11) is -3.00. The molecule has 1 fully saturated rings. The van der Waals surface area contributed by atoms with Gasteiger partial charge < -0.3 is 5.32 Å². The second-order valence-electron chi connectivity index (χ2n) is 4.49. The van der Waals surface area contributed by atoms with Gasteiger partial charge >= 0.3 is 5.69 Å². The zero-order valence-electron chi connectivity index (χ0n) is 10.0. The molecule has 1 N–H and O–H groups in total. The van der Waals surface area contributed by atoms with Crippen LogP contribution in [-0.2, 0) is 16.4 Å². The highest BCUT2D eigenvalue weighted by molar-refractivity contribution is 7.91. The van der Waals surface area contributed by atoms with Crippen molar-refractivity contribution in [1.82, 2.24) is 5.32 Å². The molecular formula is C11H13FN2O4S. The summed E-state index contributed by atoms with van der Waals surface area (Å²) in [5.41, 5.74) is -0.406. The molecule has 19 heavy (non-hydrogen) atoms. The number of sulfone groups is 1. The van der Waals surface area contributed by atoms with E-state index in [-0.39, 0.29) is 29.7 Å². The first-order valence-electron chi connectivity index (χ1n) is 5.74. The van der Waals surface area contributed by atoms with Crippen LogP contribution in [0.25, 0.3) is 0 Å². The van der Waals surface area contributed by atoms with Crippen LogP contribution < -0.4 is 5.32 Å². The van der Waals surface area contributed by atoms with Crippen LogP contribution in [0, 0.1) is 15.9 Å². The maximum Gasteiger partial charge on any atom is 0.305 e. The molecule has 0 saturated carbocycles. The van der Waals surface area contributed by atoms with E-state index in [2.05, 4.69) is 5.32 Å². The average molecular weight is 288 g/mol. The van der Waals surface area contributed by atoms with Gasteiger partial charge in [0.1, 0.15) is 0 Å². The fraction of sp³-hybridized carbons (Fsp3) is 0.455. The first-order chi connectivity index (χ1) is 8.89. The number of halogens is 1. The van der Waals surface area contributed by atoms with E-state index in [1.54, 1.807) is 0 Å². The second-order valence-corrected chi connectivity index (χ2v) is 6.72. The number of rotatable bonds is 4. The first kappa shape index (κ1) is 13.9. The Kier molecular flexibility index (Phi) is 3.81. The van der Waals surface area contributed by atoms with Gasteiger partial charge in [-0.1, -0.05) is 12.1 Å². The minimum Gasteiger partial charge on any atom is -0.309 e. The lowest BCUT2D eigenvalue weighted by atomic mass is 10.1. The summed E-state index contributed by atoms with van der Waals surface area (Å²) in [5, 5.41) is 13.5. The maximum atomic E-state index is 13.7. The van der Waals surface area contributed by atoms with E-state index in [1.807, 2.05) is 0 Å². The van der Waals surface area contributed by atoms with Gasteiger partial charge in [0.05, 0.1) is 16.4 Å². The van der Waals surface area contributed by atoms with Crippen molar-refractivity contribution in [2.45, 2.75) is 19.0 Å². The Balaban J connectivity index is 2.05. The van der Waals surface area contributed by atoms with E-state index >= 15 is 0 Å². The van der Waals surface area contributed by atoms with E-state index in [0.717, 1.165) is 6.07 Å². The Hall–Kier alpha value is -1.54. The van der Waals surface area contributed by atoms with Crippen LogP contribution in [0.4, 0.5) is 10.1 Å². The summed E-state index contributed by atoms with van der Waals surface area (Å²) in [6.45, 7) is 0.0771. The summed E-state index contributed by atoms with van der Waals surface area (Å²) in [5.74, 6) is -0.716. The van der Waals surface area contributed by atoms with Gasteiger partial charge in [-0.2, -0.15) is 4.39 Å². The molecule has 0 radical (unpaired) electrons. The van der Waals surface area contributed by atoms with Gasteiger partial charge in [0.25, 0.3) is 0 Å². The predicted octanol–water partition coefficient (Wildman–Crippen LogP) is 1.01. The Morgan fingerprint density at radius 3 is 2.79 bits per heavy atom. The predicted molar refractivity (Wildman–Crippen MR) is 67.0 cm³/mol. The van der Waals surface area contributed by atoms with Crippen molar-refractivity contribution in [3.05, 3.63) is 39.7 Å². The van der Waals surface area contributed by atoms with Crippen LogP contribution in [0.2, 0.25) is 0 Å². The summed E-state index contributed by atoms with van der Waals surface area (Å²) in [6.07, 6.45) is 0.485. The minimum absolute atomic E-state index is 0.0313. The van der Waals surface area contributed by atoms with Gasteiger partial charge in [-0.3, -0.25) is 10.1 Å². The van der Waals surface area contributed by atoms with Crippen LogP contribution in [0.1, 0.15) is 12.0 Å². The molecule has 1 aliphatic rings. The van der Waals surface area contributed by atoms with Crippen LogP contribution in [-0.4, -0.2) is 30.9 Å². The molecule has 1 aliphatic heterocycles. The van der Waals surface area contributed by atoms with Crippen molar-refractivity contribution < 1.29 is 17.7 Å². The lowest BCUT2D eigenvalue weighted by Crippen LogP contribution is -2.29. The van der Waals surface area contributed by atoms with Gasteiger partial charge in [0, 0.05) is 24.2 Å². The number of nitro groups is 1. The fourth-order valence-corrected chi connectivity index (χ4v) is 3.76. The number of nitrogens with one attached hydrogen (secondary N) is 1. The smallest absolute Gasteiger partial charge is 0.305 e. The van der Waals surface area contributed by atoms with Crippen LogP contribution in [0.3, 0.4) is 0 Å². The molecule has 104 valence electrons. The Labute approximate surface area is 109 Å². The van der Waals surface area contributed by atoms with Gasteiger partial charge in [-0.05, 0) is 6.42 Å². The molecule has 1 atom stereocenters. The van der Waals surface area contributed by atoms with Crippen LogP contribution in [0.5, 0.6) is 0 Å². The lowest BCUT2D eigenvalue weighted by molar-refractivity contribution is -0.387. The number of hydrogen-bond acceptors (Lipinski definition) is 5. The molecule has 1 unspecified atom stereocenters. The summed E-state index contributed by atoms with van der Waals surface area (Å²) >= 11 is 0. The van der Waals surface area contributed by atoms with E-state index < -0.39 is 26.3 Å². The third-order valence-corrected chi connectivity index (χ3v) is 4.84. The zero-order chi connectivity index (χ0) is 14.0. The molecule has 6 nitrogen and oxygen atoms in total. The Bertz CT molecular complexity index is 603. The average Bonchev–Trinajstić information content (AvgIpc) is 2.67. The Morgan fingerprint density at radius 1 is 1.47 bits per heavy atom. The molecule has 1 heterocycles. The van der Waals surface area contributed by atoms with Gasteiger partial charge in [-0.25, -0.2) is 8.42 Å². The minimum atomic E-state index is -3.00. The van der Waals surface area contributed by atoms with Gasteiger partial charge in [0.2, 0.25) is 5.82 Å². The first-order valence-corrected chi connectivity index (χ1v) is 7.57. The molecule has 1 saturated heterocycles. The molecule has 2 rings (SSSR count). The van der Waals surface area contributed by atoms with Crippen molar-refractivity contribution in [3.8, 4) is 0 Å². The topological polar surface area (TPSA) is 89.3 Å². The molecular weight excluding hydrogens is 275 g/mol. The second kappa shape index (κ2) is 5.22. The van der Waals surface area contributed by atoms with E-state index in [1.165, 1.54) is 12.1 Å². The molecule has 0 spiro atoms. The molecule has 0 aliphatic carbocycles. The monoisotopic (exact) mass is 288 g/mol. The van der Waals surface area contributed by atoms with Crippen molar-refractivity contribution in [1.29, 1.82) is 0 Å². The van der Waals surface area contributed by atoms with Gasteiger partial charge in [0.15, 0.2) is 9.84 Å². The number of nitro benzene ring substituents is 1.